The van der Waals surface area contributed by atoms with Gasteiger partial charge < -0.3 is 5.73 Å². The van der Waals surface area contributed by atoms with Crippen LogP contribution < -0.4 is 5.73 Å². The van der Waals surface area contributed by atoms with Crippen molar-refractivity contribution < 1.29 is 0 Å². The first-order chi connectivity index (χ1) is 5.57. The number of nitriles is 1. The third-order valence-corrected chi connectivity index (χ3v) is 2.69. The van der Waals surface area contributed by atoms with Crippen LogP contribution in [-0.2, 0) is 0 Å². The third kappa shape index (κ3) is 1.28. The molecule has 1 rings (SSSR count). The minimum atomic E-state index is 0.434. The van der Waals surface area contributed by atoms with Crippen molar-refractivity contribution in [1.82, 2.24) is 4.98 Å². The van der Waals surface area contributed by atoms with Gasteiger partial charge in [0, 0.05) is 0 Å². The highest BCUT2D eigenvalue weighted by Crippen LogP contribution is 2.25. The lowest BCUT2D eigenvalue weighted by molar-refractivity contribution is 1.15. The highest BCUT2D eigenvalue weighted by Gasteiger charge is 2.09. The molecule has 0 aliphatic rings. The molecule has 2 N–H and O–H groups in total. The number of pyridine rings is 1. The van der Waals surface area contributed by atoms with Gasteiger partial charge in [0.25, 0.3) is 0 Å². The minimum absolute atomic E-state index is 0.434. The number of aryl methyl sites for hydroxylation is 1. The molecule has 1 aromatic heterocycles. The van der Waals surface area contributed by atoms with Crippen LogP contribution in [0.3, 0.4) is 0 Å². The summed E-state index contributed by atoms with van der Waals surface area (Å²) in [7, 11) is 0. The van der Waals surface area contributed by atoms with Crippen molar-refractivity contribution in [3.05, 3.63) is 21.3 Å². The van der Waals surface area contributed by atoms with Crippen LogP contribution in [0, 0.1) is 25.2 Å². The van der Waals surface area contributed by atoms with Gasteiger partial charge in [0.15, 0.2) is 0 Å². The van der Waals surface area contributed by atoms with Crippen molar-refractivity contribution >= 4 is 21.7 Å². The maximum atomic E-state index is 8.76. The lowest BCUT2D eigenvalue weighted by Crippen LogP contribution is -2.00. The fraction of sp³-hybridized carbons (Fsp3) is 0.250. The van der Waals surface area contributed by atoms with E-state index in [1.807, 2.05) is 6.92 Å². The van der Waals surface area contributed by atoms with Gasteiger partial charge in [0.1, 0.15) is 11.9 Å². The molecule has 0 fully saturated rings. The molecule has 0 spiro atoms. The number of nitrogen functional groups attached to an aromatic ring is 1. The molecule has 0 aliphatic heterocycles. The maximum Gasteiger partial charge on any atom is 0.138 e. The number of rotatable bonds is 0. The summed E-state index contributed by atoms with van der Waals surface area (Å²) in [6.45, 7) is 3.61. The van der Waals surface area contributed by atoms with E-state index >= 15 is 0 Å². The Morgan fingerprint density at radius 3 is 2.58 bits per heavy atom. The van der Waals surface area contributed by atoms with Crippen LogP contribution in [0.4, 0.5) is 5.82 Å². The van der Waals surface area contributed by atoms with Crippen LogP contribution in [-0.4, -0.2) is 4.98 Å². The van der Waals surface area contributed by atoms with Gasteiger partial charge in [-0.2, -0.15) is 5.26 Å². The third-order valence-electron chi connectivity index (χ3n) is 1.69. The van der Waals surface area contributed by atoms with Gasteiger partial charge in [0.2, 0.25) is 0 Å². The number of halogens is 1. The van der Waals surface area contributed by atoms with Gasteiger partial charge in [-0.15, -0.1) is 0 Å². The van der Waals surface area contributed by atoms with E-state index in [1.165, 1.54) is 0 Å². The molecular weight excluding hydrogens is 218 g/mol. The summed E-state index contributed by atoms with van der Waals surface area (Å²) in [6, 6.07) is 2.08. The second kappa shape index (κ2) is 3.11. The predicted octanol–water partition coefficient (Wildman–Crippen LogP) is 1.91. The number of nitrogens with zero attached hydrogens (tertiary/aromatic N) is 2. The van der Waals surface area contributed by atoms with E-state index in [0.29, 0.717) is 21.5 Å². The van der Waals surface area contributed by atoms with Crippen molar-refractivity contribution in [3.8, 4) is 6.07 Å². The summed E-state index contributed by atoms with van der Waals surface area (Å²) in [5, 5.41) is 8.76. The van der Waals surface area contributed by atoms with Gasteiger partial charge in [0.05, 0.1) is 15.7 Å². The predicted molar refractivity (Wildman–Crippen MR) is 50.5 cm³/mol. The van der Waals surface area contributed by atoms with Crippen LogP contribution in [0.5, 0.6) is 0 Å². The topological polar surface area (TPSA) is 62.7 Å². The number of nitrogens with two attached hydrogens (primary N) is 1. The van der Waals surface area contributed by atoms with Gasteiger partial charge in [-0.3, -0.25) is 0 Å². The smallest absolute Gasteiger partial charge is 0.138 e. The first-order valence-electron chi connectivity index (χ1n) is 3.40. The SMILES string of the molecule is Cc1nc(N)c(Br)c(C)c1C#N. The summed E-state index contributed by atoms with van der Waals surface area (Å²) in [4.78, 5) is 4.01. The van der Waals surface area contributed by atoms with Gasteiger partial charge in [-0.1, -0.05) is 0 Å². The van der Waals surface area contributed by atoms with Crippen molar-refractivity contribution in [2.75, 3.05) is 5.73 Å². The molecular formula is C8H8BrN3. The number of hydrogen-bond acceptors (Lipinski definition) is 3. The summed E-state index contributed by atoms with van der Waals surface area (Å²) in [5.41, 5.74) is 7.70. The zero-order valence-corrected chi connectivity index (χ0v) is 8.44. The van der Waals surface area contributed by atoms with E-state index in [1.54, 1.807) is 6.92 Å². The van der Waals surface area contributed by atoms with Crippen LogP contribution >= 0.6 is 15.9 Å². The summed E-state index contributed by atoms with van der Waals surface area (Å²) < 4.78 is 0.713. The molecule has 4 heteroatoms. The second-order valence-corrected chi connectivity index (χ2v) is 3.30. The zero-order chi connectivity index (χ0) is 9.30. The molecule has 1 heterocycles. The van der Waals surface area contributed by atoms with E-state index < -0.39 is 0 Å². The molecule has 0 amide bonds. The first-order valence-corrected chi connectivity index (χ1v) is 4.19. The van der Waals surface area contributed by atoms with Crippen LogP contribution in [0.2, 0.25) is 0 Å². The van der Waals surface area contributed by atoms with E-state index in [0.717, 1.165) is 5.56 Å². The van der Waals surface area contributed by atoms with Crippen LogP contribution in [0.15, 0.2) is 4.47 Å². The van der Waals surface area contributed by atoms with Crippen molar-refractivity contribution in [2.45, 2.75) is 13.8 Å². The van der Waals surface area contributed by atoms with E-state index in [-0.39, 0.29) is 0 Å². The van der Waals surface area contributed by atoms with Crippen LogP contribution in [0.1, 0.15) is 16.8 Å². The fourth-order valence-electron chi connectivity index (χ4n) is 1.02. The molecule has 0 aliphatic carbocycles. The normalized spacial score (nSPS) is 9.50. The highest BCUT2D eigenvalue weighted by atomic mass is 79.9. The largest absolute Gasteiger partial charge is 0.383 e. The number of aromatic nitrogens is 1. The quantitative estimate of drug-likeness (QED) is 0.734. The highest BCUT2D eigenvalue weighted by molar-refractivity contribution is 9.10. The van der Waals surface area contributed by atoms with Crippen molar-refractivity contribution in [2.24, 2.45) is 0 Å². The molecule has 62 valence electrons. The molecule has 0 saturated carbocycles. The summed E-state index contributed by atoms with van der Waals surface area (Å²) >= 11 is 3.27. The van der Waals surface area contributed by atoms with Gasteiger partial charge in [-0.25, -0.2) is 4.98 Å². The number of hydrogen-bond donors (Lipinski definition) is 1. The minimum Gasteiger partial charge on any atom is -0.383 e. The molecule has 0 atom stereocenters. The molecule has 0 bridgehead atoms. The molecule has 0 radical (unpaired) electrons. The lowest BCUT2D eigenvalue weighted by atomic mass is 10.1. The van der Waals surface area contributed by atoms with E-state index in [2.05, 4.69) is 27.0 Å². The average Bonchev–Trinajstić information content (AvgIpc) is 2.01. The Bertz CT molecular complexity index is 366. The molecule has 1 aromatic rings. The lowest BCUT2D eigenvalue weighted by Gasteiger charge is -2.05. The van der Waals surface area contributed by atoms with Crippen molar-refractivity contribution in [3.63, 3.8) is 0 Å². The standard InChI is InChI=1S/C8H8BrN3/c1-4-6(3-10)5(2)12-8(11)7(4)9/h1-2H3,(H2,11,12). The molecule has 0 aromatic carbocycles. The average molecular weight is 226 g/mol. The first kappa shape index (κ1) is 9.01. The molecule has 0 saturated heterocycles. The number of anilines is 1. The summed E-state index contributed by atoms with van der Waals surface area (Å²) in [6.07, 6.45) is 0. The van der Waals surface area contributed by atoms with E-state index in [4.69, 9.17) is 11.0 Å². The Morgan fingerprint density at radius 2 is 2.08 bits per heavy atom. The molecule has 12 heavy (non-hydrogen) atoms. The summed E-state index contributed by atoms with van der Waals surface area (Å²) in [5.74, 6) is 0.434. The maximum absolute atomic E-state index is 8.76. The van der Waals surface area contributed by atoms with Gasteiger partial charge in [-0.05, 0) is 35.3 Å². The Kier molecular flexibility index (Phi) is 2.34. The Morgan fingerprint density at radius 1 is 1.50 bits per heavy atom. The Balaban J connectivity index is 3.54. The van der Waals surface area contributed by atoms with Crippen LogP contribution in [0.25, 0.3) is 0 Å². The van der Waals surface area contributed by atoms with E-state index in [9.17, 15) is 0 Å². The Labute approximate surface area is 79.3 Å². The second-order valence-electron chi connectivity index (χ2n) is 2.51. The Hall–Kier alpha value is -1.08. The van der Waals surface area contributed by atoms with Crippen molar-refractivity contribution in [1.29, 1.82) is 5.26 Å². The molecule has 0 unspecified atom stereocenters. The monoisotopic (exact) mass is 225 g/mol. The fourth-order valence-corrected chi connectivity index (χ4v) is 1.31. The molecule has 3 nitrogen and oxygen atoms in total. The zero-order valence-electron chi connectivity index (χ0n) is 6.85. The van der Waals surface area contributed by atoms with Gasteiger partial charge >= 0.3 is 0 Å².